The zero-order valence-electron chi connectivity index (χ0n) is 11.5. The molecule has 1 saturated heterocycles. The van der Waals surface area contributed by atoms with Crippen LogP contribution in [0.4, 0.5) is 5.13 Å². The van der Waals surface area contributed by atoms with Crippen molar-refractivity contribution in [1.82, 2.24) is 4.98 Å². The molecule has 0 bridgehead atoms. The van der Waals surface area contributed by atoms with Gasteiger partial charge >= 0.3 is 0 Å². The minimum atomic E-state index is -3.61. The van der Waals surface area contributed by atoms with E-state index in [9.17, 15) is 13.2 Å². The van der Waals surface area contributed by atoms with Gasteiger partial charge in [0, 0.05) is 34.6 Å². The lowest BCUT2D eigenvalue weighted by atomic mass is 10.1. The molecule has 5 nitrogen and oxygen atoms in total. The number of hydrogen-bond acceptors (Lipinski definition) is 5. The number of benzene rings is 1. The Labute approximate surface area is 141 Å². The van der Waals surface area contributed by atoms with Gasteiger partial charge in [-0.05, 0) is 24.6 Å². The van der Waals surface area contributed by atoms with E-state index in [1.165, 1.54) is 16.2 Å². The number of nitrogens with zero attached hydrogens (tertiary/aromatic N) is 2. The zero-order chi connectivity index (χ0) is 16.1. The molecule has 1 aromatic carbocycles. The number of aromatic nitrogens is 1. The first kappa shape index (κ1) is 16.0. The summed E-state index contributed by atoms with van der Waals surface area (Å²) < 4.78 is 23.3. The van der Waals surface area contributed by atoms with Crippen molar-refractivity contribution in [2.24, 2.45) is 5.92 Å². The van der Waals surface area contributed by atoms with Crippen LogP contribution in [0.3, 0.4) is 0 Å². The van der Waals surface area contributed by atoms with Crippen molar-refractivity contribution in [1.29, 1.82) is 0 Å². The van der Waals surface area contributed by atoms with Crippen molar-refractivity contribution in [3.63, 3.8) is 0 Å². The third kappa shape index (κ3) is 3.08. The molecule has 0 spiro atoms. The molecule has 0 saturated carbocycles. The van der Waals surface area contributed by atoms with E-state index in [0.717, 1.165) is 15.8 Å². The first-order valence-corrected chi connectivity index (χ1v) is 10.2. The molecule has 1 aliphatic rings. The van der Waals surface area contributed by atoms with Gasteiger partial charge in [-0.25, -0.2) is 13.4 Å². The van der Waals surface area contributed by atoms with Crippen molar-refractivity contribution < 1.29 is 13.2 Å². The Bertz CT molecular complexity index is 864. The topological polar surface area (TPSA) is 67.3 Å². The molecular weight excluding hydrogens is 367 g/mol. The van der Waals surface area contributed by atoms with Crippen molar-refractivity contribution >= 4 is 63.9 Å². The zero-order valence-corrected chi connectivity index (χ0v) is 14.7. The van der Waals surface area contributed by atoms with E-state index in [1.54, 1.807) is 6.07 Å². The van der Waals surface area contributed by atoms with Gasteiger partial charge in [-0.15, -0.1) is 0 Å². The second-order valence-corrected chi connectivity index (χ2v) is 9.53. The average molecular weight is 379 g/mol. The Kier molecular flexibility index (Phi) is 4.09. The van der Waals surface area contributed by atoms with Gasteiger partial charge in [-0.3, -0.25) is 9.69 Å². The Morgan fingerprint density at radius 3 is 2.86 bits per heavy atom. The summed E-state index contributed by atoms with van der Waals surface area (Å²) in [6.45, 7) is 2.19. The Balaban J connectivity index is 1.91. The van der Waals surface area contributed by atoms with E-state index >= 15 is 0 Å². The molecule has 2 aromatic rings. The minimum absolute atomic E-state index is 0.131. The van der Waals surface area contributed by atoms with Gasteiger partial charge in [-0.2, -0.15) is 0 Å². The van der Waals surface area contributed by atoms with Crippen LogP contribution in [0.1, 0.15) is 12.0 Å². The van der Waals surface area contributed by atoms with E-state index < -0.39 is 9.05 Å². The molecule has 118 valence electrons. The number of thiazole rings is 1. The maximum atomic E-state index is 12.1. The molecule has 1 amide bonds. The van der Waals surface area contributed by atoms with Gasteiger partial charge in [0.25, 0.3) is 0 Å². The Morgan fingerprint density at radius 1 is 1.45 bits per heavy atom. The van der Waals surface area contributed by atoms with Crippen LogP contribution in [0.2, 0.25) is 5.02 Å². The van der Waals surface area contributed by atoms with E-state index in [0.29, 0.717) is 16.7 Å². The predicted octanol–water partition coefficient (Wildman–Crippen LogP) is 3.18. The summed E-state index contributed by atoms with van der Waals surface area (Å²) in [7, 11) is 1.66. The summed E-state index contributed by atoms with van der Waals surface area (Å²) in [5, 5.41) is 1.20. The maximum Gasteiger partial charge on any atom is 0.232 e. The number of anilines is 1. The first-order valence-electron chi connectivity index (χ1n) is 6.53. The van der Waals surface area contributed by atoms with Gasteiger partial charge in [0.1, 0.15) is 0 Å². The molecule has 0 aliphatic carbocycles. The summed E-state index contributed by atoms with van der Waals surface area (Å²) in [5.74, 6) is -0.633. The monoisotopic (exact) mass is 378 g/mol. The molecule has 1 atom stereocenters. The molecule has 1 aliphatic heterocycles. The number of rotatable bonds is 3. The first-order chi connectivity index (χ1) is 10.2. The SMILES string of the molecule is Cc1c(Cl)ccc2sc(N3CC(CS(=O)(=O)Cl)CC3=O)nc12. The average Bonchev–Trinajstić information content (AvgIpc) is 2.96. The van der Waals surface area contributed by atoms with Gasteiger partial charge < -0.3 is 0 Å². The molecule has 3 rings (SSSR count). The highest BCUT2D eigenvalue weighted by Gasteiger charge is 2.34. The Hall–Kier alpha value is -0.890. The van der Waals surface area contributed by atoms with Gasteiger partial charge in [0.2, 0.25) is 15.0 Å². The lowest BCUT2D eigenvalue weighted by molar-refractivity contribution is -0.117. The third-order valence-corrected chi connectivity index (χ3v) is 6.31. The van der Waals surface area contributed by atoms with Gasteiger partial charge in [0.05, 0.1) is 16.0 Å². The fourth-order valence-corrected chi connectivity index (χ4v) is 5.09. The van der Waals surface area contributed by atoms with E-state index in [-0.39, 0.29) is 24.0 Å². The lowest BCUT2D eigenvalue weighted by Gasteiger charge is -2.12. The third-order valence-electron chi connectivity index (χ3n) is 3.61. The summed E-state index contributed by atoms with van der Waals surface area (Å²) in [6.07, 6.45) is 0.168. The molecule has 1 aromatic heterocycles. The van der Waals surface area contributed by atoms with Crippen LogP contribution in [0.15, 0.2) is 12.1 Å². The number of halogens is 2. The van der Waals surface area contributed by atoms with Crippen LogP contribution in [0.5, 0.6) is 0 Å². The van der Waals surface area contributed by atoms with Gasteiger partial charge in [0.15, 0.2) is 5.13 Å². The largest absolute Gasteiger partial charge is 0.288 e. The van der Waals surface area contributed by atoms with Crippen LogP contribution < -0.4 is 4.90 Å². The van der Waals surface area contributed by atoms with Crippen LogP contribution in [0.25, 0.3) is 10.2 Å². The van der Waals surface area contributed by atoms with E-state index in [1.807, 2.05) is 13.0 Å². The smallest absolute Gasteiger partial charge is 0.232 e. The summed E-state index contributed by atoms with van der Waals surface area (Å²) in [6, 6.07) is 3.67. The number of hydrogen-bond donors (Lipinski definition) is 0. The second-order valence-electron chi connectivity index (χ2n) is 5.30. The highest BCUT2D eigenvalue weighted by Crippen LogP contribution is 2.36. The highest BCUT2D eigenvalue weighted by molar-refractivity contribution is 8.13. The molecular formula is C13H12Cl2N2O3S2. The van der Waals surface area contributed by atoms with Crippen LogP contribution in [-0.4, -0.2) is 31.6 Å². The predicted molar refractivity (Wildman–Crippen MR) is 89.5 cm³/mol. The van der Waals surface area contributed by atoms with Crippen LogP contribution >= 0.6 is 33.6 Å². The van der Waals surface area contributed by atoms with Crippen molar-refractivity contribution in [3.05, 3.63) is 22.7 Å². The molecule has 22 heavy (non-hydrogen) atoms. The summed E-state index contributed by atoms with van der Waals surface area (Å²) >= 11 is 7.48. The van der Waals surface area contributed by atoms with E-state index in [2.05, 4.69) is 4.98 Å². The fraction of sp³-hybridized carbons (Fsp3) is 0.385. The number of aryl methyl sites for hydroxylation is 1. The van der Waals surface area contributed by atoms with Crippen molar-refractivity contribution in [2.75, 3.05) is 17.2 Å². The normalized spacial score (nSPS) is 19.3. The molecule has 9 heteroatoms. The number of carbonyl (C=O) groups excluding carboxylic acids is 1. The second kappa shape index (κ2) is 5.63. The van der Waals surface area contributed by atoms with Crippen LogP contribution in [0, 0.1) is 12.8 Å². The lowest BCUT2D eigenvalue weighted by Crippen LogP contribution is -2.25. The van der Waals surface area contributed by atoms with E-state index in [4.69, 9.17) is 22.3 Å². The number of fused-ring (bicyclic) bond motifs is 1. The standard InChI is InChI=1S/C13H12Cl2N2O3S2/c1-7-9(14)2-3-10-12(7)16-13(21-10)17-5-8(4-11(17)18)6-22(15,19)20/h2-3,8H,4-6H2,1H3. The van der Waals surface area contributed by atoms with Crippen molar-refractivity contribution in [2.45, 2.75) is 13.3 Å². The summed E-state index contributed by atoms with van der Waals surface area (Å²) in [5.41, 5.74) is 1.64. The maximum absolute atomic E-state index is 12.1. The quantitative estimate of drug-likeness (QED) is 0.769. The Morgan fingerprint density at radius 2 is 2.18 bits per heavy atom. The molecule has 1 fully saturated rings. The number of carbonyl (C=O) groups is 1. The van der Waals surface area contributed by atoms with Crippen LogP contribution in [-0.2, 0) is 13.8 Å². The molecule has 2 heterocycles. The van der Waals surface area contributed by atoms with Crippen molar-refractivity contribution in [3.8, 4) is 0 Å². The fourth-order valence-electron chi connectivity index (χ4n) is 2.56. The highest BCUT2D eigenvalue weighted by atomic mass is 35.7. The molecule has 0 radical (unpaired) electrons. The summed E-state index contributed by atoms with van der Waals surface area (Å²) in [4.78, 5) is 18.2. The van der Waals surface area contributed by atoms with Gasteiger partial charge in [-0.1, -0.05) is 22.9 Å². The molecule has 1 unspecified atom stereocenters. The minimum Gasteiger partial charge on any atom is -0.288 e. The number of amides is 1. The molecule has 0 N–H and O–H groups in total.